The van der Waals surface area contributed by atoms with Gasteiger partial charge in [-0.25, -0.2) is 4.79 Å². The van der Waals surface area contributed by atoms with E-state index in [1.165, 1.54) is 7.11 Å². The van der Waals surface area contributed by atoms with E-state index in [4.69, 9.17) is 9.26 Å². The van der Waals surface area contributed by atoms with Crippen LogP contribution in [-0.2, 0) is 11.3 Å². The lowest BCUT2D eigenvalue weighted by Crippen LogP contribution is -2.62. The van der Waals surface area contributed by atoms with Gasteiger partial charge in [0.25, 0.3) is 0 Å². The summed E-state index contributed by atoms with van der Waals surface area (Å²) in [4.78, 5) is 28.1. The van der Waals surface area contributed by atoms with E-state index < -0.39 is 11.9 Å². The molecule has 9 nitrogen and oxygen atoms in total. The zero-order chi connectivity index (χ0) is 21.9. The van der Waals surface area contributed by atoms with Crippen molar-refractivity contribution < 1.29 is 23.6 Å². The summed E-state index contributed by atoms with van der Waals surface area (Å²) in [5.74, 6) is -0.129. The second kappa shape index (κ2) is 8.43. The van der Waals surface area contributed by atoms with E-state index >= 15 is 0 Å². The molecule has 1 amide bonds. The first-order valence-electron chi connectivity index (χ1n) is 9.81. The Morgan fingerprint density at radius 1 is 1.17 bits per heavy atom. The van der Waals surface area contributed by atoms with Crippen molar-refractivity contribution in [3.63, 3.8) is 0 Å². The Balaban J connectivity index is 1.55. The number of ether oxygens (including phenoxy) is 2. The summed E-state index contributed by atoms with van der Waals surface area (Å²) in [7, 11) is 1.32. The summed E-state index contributed by atoms with van der Waals surface area (Å²) >= 11 is 0. The highest BCUT2D eigenvalue weighted by atomic mass is 16.5. The molecule has 0 spiro atoms. The van der Waals surface area contributed by atoms with Crippen molar-refractivity contribution in [2.75, 3.05) is 7.11 Å². The fourth-order valence-electron chi connectivity index (χ4n) is 4.03. The van der Waals surface area contributed by atoms with E-state index in [-0.39, 0.29) is 35.4 Å². The van der Waals surface area contributed by atoms with Crippen LogP contribution in [-0.4, -0.2) is 46.2 Å². The molecule has 1 saturated heterocycles. The van der Waals surface area contributed by atoms with E-state index in [1.54, 1.807) is 24.3 Å². The largest absolute Gasteiger partial charge is 0.485 e. The van der Waals surface area contributed by atoms with Gasteiger partial charge in [0.1, 0.15) is 5.75 Å². The number of nitrogens with zero attached hydrogens (tertiary/aromatic N) is 2. The molecule has 3 rings (SSSR count). The van der Waals surface area contributed by atoms with Crippen molar-refractivity contribution in [1.82, 2.24) is 20.8 Å². The number of rotatable bonds is 6. The Bertz CT molecular complexity index is 888. The SMILES string of the molecule is COC(=O)c1ccc(OCc2noc(C(=O)NC3CC(C)(C)NC(C)(C)C3)n2)cc1. The lowest BCUT2D eigenvalue weighted by atomic mass is 9.79. The maximum absolute atomic E-state index is 12.5. The van der Waals surface area contributed by atoms with Crippen LogP contribution < -0.4 is 15.4 Å². The summed E-state index contributed by atoms with van der Waals surface area (Å²) < 4.78 is 15.3. The number of hydrogen-bond acceptors (Lipinski definition) is 8. The molecule has 0 saturated carbocycles. The predicted molar refractivity (Wildman–Crippen MR) is 108 cm³/mol. The quantitative estimate of drug-likeness (QED) is 0.690. The molecule has 30 heavy (non-hydrogen) atoms. The average Bonchev–Trinajstić information content (AvgIpc) is 3.13. The minimum Gasteiger partial charge on any atom is -0.485 e. The van der Waals surface area contributed by atoms with Gasteiger partial charge in [-0.3, -0.25) is 4.79 Å². The Morgan fingerprint density at radius 3 is 2.40 bits per heavy atom. The zero-order valence-electron chi connectivity index (χ0n) is 17.9. The van der Waals surface area contributed by atoms with Crippen LogP contribution in [0.5, 0.6) is 5.75 Å². The van der Waals surface area contributed by atoms with Gasteiger partial charge in [0.2, 0.25) is 5.82 Å². The number of benzene rings is 1. The van der Waals surface area contributed by atoms with Crippen molar-refractivity contribution in [3.05, 3.63) is 41.5 Å². The van der Waals surface area contributed by atoms with Crippen molar-refractivity contribution in [2.45, 2.75) is 64.3 Å². The second-order valence-corrected chi connectivity index (χ2v) is 8.79. The molecule has 2 N–H and O–H groups in total. The molecule has 0 atom stereocenters. The monoisotopic (exact) mass is 416 g/mol. The minimum atomic E-state index is -0.420. The molecule has 2 heterocycles. The van der Waals surface area contributed by atoms with E-state index in [0.29, 0.717) is 11.3 Å². The van der Waals surface area contributed by atoms with E-state index in [0.717, 1.165) is 12.8 Å². The predicted octanol–water partition coefficient (Wildman–Crippen LogP) is 2.47. The fourth-order valence-corrected chi connectivity index (χ4v) is 4.03. The molecular weight excluding hydrogens is 388 g/mol. The highest BCUT2D eigenvalue weighted by Gasteiger charge is 2.38. The number of hydrogen-bond donors (Lipinski definition) is 2. The van der Waals surface area contributed by atoms with Crippen LogP contribution in [0.3, 0.4) is 0 Å². The molecular formula is C21H28N4O5. The highest BCUT2D eigenvalue weighted by molar-refractivity contribution is 5.90. The minimum absolute atomic E-state index is 0.00340. The number of methoxy groups -OCH3 is 1. The molecule has 0 bridgehead atoms. The normalized spacial score (nSPS) is 17.9. The molecule has 9 heteroatoms. The maximum Gasteiger partial charge on any atom is 0.337 e. The number of esters is 1. The molecule has 1 aliphatic rings. The van der Waals surface area contributed by atoms with Crippen LogP contribution in [0.25, 0.3) is 0 Å². The molecule has 1 fully saturated rings. The molecule has 1 aliphatic heterocycles. The van der Waals surface area contributed by atoms with Crippen molar-refractivity contribution in [3.8, 4) is 5.75 Å². The summed E-state index contributed by atoms with van der Waals surface area (Å²) in [6.07, 6.45) is 1.60. The number of carbonyl (C=O) groups excluding carboxylic acids is 2. The first-order chi connectivity index (χ1) is 14.1. The van der Waals surface area contributed by atoms with Gasteiger partial charge in [0.05, 0.1) is 12.7 Å². The average molecular weight is 416 g/mol. The standard InChI is InChI=1S/C21H28N4O5/c1-20(2)10-14(11-21(3,4)25-20)22-17(26)18-23-16(24-30-18)12-29-15-8-6-13(7-9-15)19(27)28-5/h6-9,14,25H,10-12H2,1-5H3,(H,22,26). The topological polar surface area (TPSA) is 116 Å². The Morgan fingerprint density at radius 2 is 1.80 bits per heavy atom. The summed E-state index contributed by atoms with van der Waals surface area (Å²) in [6.45, 7) is 8.50. The first kappa shape index (κ1) is 21.8. The van der Waals surface area contributed by atoms with Crippen LogP contribution in [0.15, 0.2) is 28.8 Å². The van der Waals surface area contributed by atoms with Gasteiger partial charge in [0, 0.05) is 17.1 Å². The van der Waals surface area contributed by atoms with Crippen LogP contribution in [0, 0.1) is 0 Å². The second-order valence-electron chi connectivity index (χ2n) is 8.79. The number of nitrogens with one attached hydrogen (secondary N) is 2. The van der Waals surface area contributed by atoms with Crippen LogP contribution in [0.2, 0.25) is 0 Å². The van der Waals surface area contributed by atoms with Crippen molar-refractivity contribution in [2.24, 2.45) is 0 Å². The molecule has 1 aromatic heterocycles. The summed E-state index contributed by atoms with van der Waals surface area (Å²) in [5.41, 5.74) is 0.251. The Kier molecular flexibility index (Phi) is 6.12. The smallest absolute Gasteiger partial charge is 0.337 e. The zero-order valence-corrected chi connectivity index (χ0v) is 17.9. The number of amides is 1. The van der Waals surface area contributed by atoms with Gasteiger partial charge in [-0.05, 0) is 64.8 Å². The van der Waals surface area contributed by atoms with Crippen LogP contribution in [0.1, 0.15) is 67.4 Å². The Labute approximate surface area is 175 Å². The van der Waals surface area contributed by atoms with Gasteiger partial charge >= 0.3 is 17.8 Å². The molecule has 162 valence electrons. The molecule has 2 aromatic rings. The van der Waals surface area contributed by atoms with Crippen molar-refractivity contribution in [1.29, 1.82) is 0 Å². The maximum atomic E-state index is 12.5. The van der Waals surface area contributed by atoms with Gasteiger partial charge in [0.15, 0.2) is 6.61 Å². The molecule has 0 unspecified atom stereocenters. The summed E-state index contributed by atoms with van der Waals surface area (Å²) in [6, 6.07) is 6.47. The third-order valence-corrected chi connectivity index (χ3v) is 4.83. The van der Waals surface area contributed by atoms with Gasteiger partial charge in [-0.15, -0.1) is 0 Å². The third kappa shape index (κ3) is 5.56. The van der Waals surface area contributed by atoms with Gasteiger partial charge in [-0.1, -0.05) is 5.16 Å². The van der Waals surface area contributed by atoms with E-state index in [1.807, 2.05) is 0 Å². The van der Waals surface area contributed by atoms with Crippen LogP contribution in [0.4, 0.5) is 0 Å². The van der Waals surface area contributed by atoms with Crippen LogP contribution >= 0.6 is 0 Å². The number of aromatic nitrogens is 2. The molecule has 0 aliphatic carbocycles. The van der Waals surface area contributed by atoms with Gasteiger partial charge in [-0.2, -0.15) is 4.98 Å². The molecule has 1 aromatic carbocycles. The third-order valence-electron chi connectivity index (χ3n) is 4.83. The molecule has 0 radical (unpaired) electrons. The number of piperidine rings is 1. The highest BCUT2D eigenvalue weighted by Crippen LogP contribution is 2.28. The van der Waals surface area contributed by atoms with E-state index in [9.17, 15) is 9.59 Å². The lowest BCUT2D eigenvalue weighted by Gasteiger charge is -2.46. The Hall–Kier alpha value is -2.94. The van der Waals surface area contributed by atoms with Crippen molar-refractivity contribution >= 4 is 11.9 Å². The first-order valence-corrected chi connectivity index (χ1v) is 9.81. The fraction of sp³-hybridized carbons (Fsp3) is 0.524. The van der Waals surface area contributed by atoms with E-state index in [2.05, 4.69) is 53.2 Å². The van der Waals surface area contributed by atoms with Gasteiger partial charge < -0.3 is 24.6 Å². The number of carbonyl (C=O) groups is 2. The lowest BCUT2D eigenvalue weighted by molar-refractivity contribution is 0.0600. The summed E-state index contributed by atoms with van der Waals surface area (Å²) in [5, 5.41) is 10.4.